The van der Waals surface area contributed by atoms with Crippen LogP contribution in [0.25, 0.3) is 0 Å². The number of rotatable bonds is 4. The van der Waals surface area contributed by atoms with Crippen LogP contribution >= 0.6 is 0 Å². The van der Waals surface area contributed by atoms with E-state index in [0.29, 0.717) is 25.5 Å². The van der Waals surface area contributed by atoms with E-state index in [-0.39, 0.29) is 12.1 Å². The third-order valence-electron chi connectivity index (χ3n) is 4.37. The van der Waals surface area contributed by atoms with Crippen LogP contribution in [0.1, 0.15) is 38.3 Å². The Morgan fingerprint density at radius 1 is 1.15 bits per heavy atom. The van der Waals surface area contributed by atoms with E-state index in [2.05, 4.69) is 28.9 Å². The average Bonchev–Trinajstić information content (AvgIpc) is 2.84. The highest BCUT2D eigenvalue weighted by Crippen LogP contribution is 2.32. The second-order valence-corrected chi connectivity index (χ2v) is 5.15. The monoisotopic (exact) mass is 291 g/mol. The van der Waals surface area contributed by atoms with Crippen molar-refractivity contribution in [2.45, 2.75) is 51.5 Å². The summed E-state index contributed by atoms with van der Waals surface area (Å²) in [7, 11) is 0. The smallest absolute Gasteiger partial charge is 0.329 e. The predicted octanol–water partition coefficient (Wildman–Crippen LogP) is 1.63. The SMILES string of the molecule is CCC(CC)(CN)N1CCn2c(nnc2C(F)(F)F)C1. The van der Waals surface area contributed by atoms with E-state index in [1.165, 1.54) is 4.57 Å². The van der Waals surface area contributed by atoms with E-state index >= 15 is 0 Å². The fourth-order valence-electron chi connectivity index (χ4n) is 2.89. The predicted molar refractivity (Wildman–Crippen MR) is 67.8 cm³/mol. The molecule has 1 aromatic heterocycles. The molecular formula is C12H20F3N5. The van der Waals surface area contributed by atoms with E-state index in [0.717, 1.165) is 12.8 Å². The normalized spacial score (nSPS) is 17.3. The fraction of sp³-hybridized carbons (Fsp3) is 0.833. The highest BCUT2D eigenvalue weighted by molar-refractivity contribution is 5.04. The van der Waals surface area contributed by atoms with Crippen LogP contribution in [0.2, 0.25) is 0 Å². The first-order valence-electron chi connectivity index (χ1n) is 6.82. The van der Waals surface area contributed by atoms with Gasteiger partial charge in [-0.3, -0.25) is 4.90 Å². The minimum absolute atomic E-state index is 0.171. The summed E-state index contributed by atoms with van der Waals surface area (Å²) in [6.45, 7) is 5.74. The maximum atomic E-state index is 12.8. The van der Waals surface area contributed by atoms with Crippen molar-refractivity contribution >= 4 is 0 Å². The summed E-state index contributed by atoms with van der Waals surface area (Å²) < 4.78 is 39.5. The Labute approximate surface area is 115 Å². The summed E-state index contributed by atoms with van der Waals surface area (Å²) in [6, 6.07) is 0. The molecule has 1 aliphatic heterocycles. The number of nitrogens with two attached hydrogens (primary N) is 1. The molecule has 2 rings (SSSR count). The molecule has 0 bridgehead atoms. The molecule has 1 aliphatic rings. The van der Waals surface area contributed by atoms with Gasteiger partial charge in [-0.2, -0.15) is 13.2 Å². The van der Waals surface area contributed by atoms with Crippen molar-refractivity contribution in [2.24, 2.45) is 5.73 Å². The van der Waals surface area contributed by atoms with Crippen LogP contribution in [0.15, 0.2) is 0 Å². The zero-order valence-electron chi connectivity index (χ0n) is 11.7. The molecule has 114 valence electrons. The summed E-state index contributed by atoms with van der Waals surface area (Å²) in [5, 5.41) is 6.99. The van der Waals surface area contributed by atoms with Crippen LogP contribution in [0.4, 0.5) is 13.2 Å². The van der Waals surface area contributed by atoms with E-state index < -0.39 is 12.0 Å². The number of alkyl halides is 3. The van der Waals surface area contributed by atoms with Crippen LogP contribution < -0.4 is 5.73 Å². The third-order valence-corrected chi connectivity index (χ3v) is 4.37. The Hall–Kier alpha value is -1.15. The lowest BCUT2D eigenvalue weighted by Gasteiger charge is -2.44. The number of hydrogen-bond donors (Lipinski definition) is 1. The Bertz CT molecular complexity index is 456. The van der Waals surface area contributed by atoms with Gasteiger partial charge in [0.2, 0.25) is 5.82 Å². The molecule has 5 nitrogen and oxygen atoms in total. The quantitative estimate of drug-likeness (QED) is 0.916. The molecule has 2 N–H and O–H groups in total. The van der Waals surface area contributed by atoms with Gasteiger partial charge in [-0.05, 0) is 12.8 Å². The molecule has 2 heterocycles. The van der Waals surface area contributed by atoms with Gasteiger partial charge in [-0.25, -0.2) is 0 Å². The Morgan fingerprint density at radius 3 is 2.30 bits per heavy atom. The van der Waals surface area contributed by atoms with Crippen molar-refractivity contribution in [2.75, 3.05) is 13.1 Å². The Morgan fingerprint density at radius 2 is 1.80 bits per heavy atom. The molecule has 0 unspecified atom stereocenters. The molecule has 0 atom stereocenters. The van der Waals surface area contributed by atoms with Gasteiger partial charge in [-0.15, -0.1) is 10.2 Å². The molecule has 0 spiro atoms. The van der Waals surface area contributed by atoms with E-state index in [1.807, 2.05) is 0 Å². The van der Waals surface area contributed by atoms with E-state index in [4.69, 9.17) is 5.73 Å². The molecule has 0 radical (unpaired) electrons. The van der Waals surface area contributed by atoms with Crippen molar-refractivity contribution < 1.29 is 13.2 Å². The largest absolute Gasteiger partial charge is 0.451 e. The van der Waals surface area contributed by atoms with Crippen LogP contribution in [-0.4, -0.2) is 38.3 Å². The molecule has 0 aliphatic carbocycles. The Balaban J connectivity index is 2.27. The molecule has 0 aromatic carbocycles. The Kier molecular flexibility index (Phi) is 4.06. The minimum Gasteiger partial charge on any atom is -0.329 e. The lowest BCUT2D eigenvalue weighted by Crippen LogP contribution is -2.55. The van der Waals surface area contributed by atoms with Gasteiger partial charge in [0.25, 0.3) is 0 Å². The molecule has 0 saturated heterocycles. The maximum absolute atomic E-state index is 12.8. The molecular weight excluding hydrogens is 271 g/mol. The second kappa shape index (κ2) is 5.33. The van der Waals surface area contributed by atoms with Crippen LogP contribution in [0.5, 0.6) is 0 Å². The summed E-state index contributed by atoms with van der Waals surface area (Å²) in [6.07, 6.45) is -2.73. The van der Waals surface area contributed by atoms with Crippen molar-refractivity contribution in [3.05, 3.63) is 11.6 Å². The van der Waals surface area contributed by atoms with Crippen molar-refractivity contribution in [1.82, 2.24) is 19.7 Å². The number of fused-ring (bicyclic) bond motifs is 1. The van der Waals surface area contributed by atoms with Gasteiger partial charge in [0, 0.05) is 25.2 Å². The van der Waals surface area contributed by atoms with Crippen LogP contribution in [0, 0.1) is 0 Å². The summed E-state index contributed by atoms with van der Waals surface area (Å²) in [5.41, 5.74) is 5.72. The standard InChI is InChI=1S/C12H20F3N5/c1-3-11(4-2,8-16)19-5-6-20-9(7-19)17-18-10(20)12(13,14)15/h3-8,16H2,1-2H3. The van der Waals surface area contributed by atoms with Gasteiger partial charge in [0.05, 0.1) is 6.54 Å². The van der Waals surface area contributed by atoms with E-state index in [9.17, 15) is 13.2 Å². The highest BCUT2D eigenvalue weighted by atomic mass is 19.4. The lowest BCUT2D eigenvalue weighted by molar-refractivity contribution is -0.148. The van der Waals surface area contributed by atoms with Crippen LogP contribution in [-0.2, 0) is 19.3 Å². The van der Waals surface area contributed by atoms with Gasteiger partial charge >= 0.3 is 6.18 Å². The van der Waals surface area contributed by atoms with Gasteiger partial charge < -0.3 is 10.3 Å². The number of nitrogens with zero attached hydrogens (tertiary/aromatic N) is 4. The molecule has 0 amide bonds. The third kappa shape index (κ3) is 2.42. The van der Waals surface area contributed by atoms with Gasteiger partial charge in [0.1, 0.15) is 5.82 Å². The van der Waals surface area contributed by atoms with Gasteiger partial charge in [0.15, 0.2) is 0 Å². The molecule has 8 heteroatoms. The summed E-state index contributed by atoms with van der Waals surface area (Å²) in [4.78, 5) is 2.14. The van der Waals surface area contributed by atoms with Gasteiger partial charge in [-0.1, -0.05) is 13.8 Å². The number of aromatic nitrogens is 3. The summed E-state index contributed by atoms with van der Waals surface area (Å²) in [5.74, 6) is -0.540. The molecule has 0 saturated carbocycles. The topological polar surface area (TPSA) is 60.0 Å². The fourth-order valence-corrected chi connectivity index (χ4v) is 2.89. The average molecular weight is 291 g/mol. The lowest BCUT2D eigenvalue weighted by atomic mass is 9.90. The second-order valence-electron chi connectivity index (χ2n) is 5.15. The van der Waals surface area contributed by atoms with Crippen LogP contribution in [0.3, 0.4) is 0 Å². The molecule has 20 heavy (non-hydrogen) atoms. The molecule has 1 aromatic rings. The highest BCUT2D eigenvalue weighted by Gasteiger charge is 2.41. The first kappa shape index (κ1) is 15.2. The zero-order valence-corrected chi connectivity index (χ0v) is 11.7. The summed E-state index contributed by atoms with van der Waals surface area (Å²) >= 11 is 0. The minimum atomic E-state index is -4.45. The molecule has 0 fully saturated rings. The number of hydrogen-bond acceptors (Lipinski definition) is 4. The first-order chi connectivity index (χ1) is 9.38. The number of halogens is 3. The van der Waals surface area contributed by atoms with Crippen molar-refractivity contribution in [3.8, 4) is 0 Å². The van der Waals surface area contributed by atoms with E-state index in [1.54, 1.807) is 0 Å². The first-order valence-corrected chi connectivity index (χ1v) is 6.82. The van der Waals surface area contributed by atoms with Crippen molar-refractivity contribution in [3.63, 3.8) is 0 Å². The van der Waals surface area contributed by atoms with Crippen molar-refractivity contribution in [1.29, 1.82) is 0 Å². The maximum Gasteiger partial charge on any atom is 0.451 e. The zero-order chi connectivity index (χ0) is 15.0.